The van der Waals surface area contributed by atoms with E-state index in [0.29, 0.717) is 35.4 Å². The molecule has 196 valence electrons. The monoisotopic (exact) mass is 522 g/mol. The van der Waals surface area contributed by atoms with E-state index in [2.05, 4.69) is 11.4 Å². The average Bonchev–Trinajstić information content (AvgIpc) is 3.65. The minimum absolute atomic E-state index is 0.188. The van der Waals surface area contributed by atoms with Crippen molar-refractivity contribution in [1.29, 1.82) is 5.26 Å². The topological polar surface area (TPSA) is 116 Å². The summed E-state index contributed by atoms with van der Waals surface area (Å²) >= 11 is 0. The molecule has 0 aliphatic heterocycles. The number of furan rings is 1. The Labute approximate surface area is 218 Å². The number of aromatic nitrogens is 1. The largest absolute Gasteiger partial charge is 0.437 e. The maximum atomic E-state index is 13.0. The first-order valence-electron chi connectivity index (χ1n) is 12.8. The third kappa shape index (κ3) is 5.80. The first-order valence-corrected chi connectivity index (χ1v) is 14.6. The molecule has 2 heterocycles. The highest BCUT2D eigenvalue weighted by molar-refractivity contribution is 7.92. The zero-order chi connectivity index (χ0) is 26.7. The molecule has 1 amide bonds. The Bertz CT molecular complexity index is 1430. The molecule has 1 atom stereocenters. The molecule has 37 heavy (non-hydrogen) atoms. The zero-order valence-corrected chi connectivity index (χ0v) is 22.7. The molecule has 9 heteroatoms. The van der Waals surface area contributed by atoms with E-state index < -0.39 is 10.0 Å². The van der Waals surface area contributed by atoms with Gasteiger partial charge in [0.1, 0.15) is 11.6 Å². The SMILES string of the molecule is CCC(CC#N)CCCN(c1nc2oc(-c3ccc(C)cc3)c(C(=O)NC)c2cc1C1CC1)S(C)(=O)=O. The third-order valence-corrected chi connectivity index (χ3v) is 8.20. The normalized spacial score (nSPS) is 14.4. The second kappa shape index (κ2) is 10.9. The highest BCUT2D eigenvalue weighted by Gasteiger charge is 2.34. The maximum absolute atomic E-state index is 13.0. The minimum atomic E-state index is -3.63. The van der Waals surface area contributed by atoms with Gasteiger partial charge in [0.05, 0.1) is 23.3 Å². The predicted octanol–water partition coefficient (Wildman–Crippen LogP) is 5.53. The summed E-state index contributed by atoms with van der Waals surface area (Å²) < 4.78 is 33.4. The van der Waals surface area contributed by atoms with Crippen molar-refractivity contribution in [2.45, 2.75) is 58.3 Å². The van der Waals surface area contributed by atoms with E-state index in [9.17, 15) is 13.2 Å². The number of fused-ring (bicyclic) bond motifs is 1. The summed E-state index contributed by atoms with van der Waals surface area (Å²) in [6, 6.07) is 11.8. The van der Waals surface area contributed by atoms with Gasteiger partial charge < -0.3 is 9.73 Å². The summed E-state index contributed by atoms with van der Waals surface area (Å²) in [7, 11) is -2.05. The number of nitrogens with one attached hydrogen (secondary N) is 1. The van der Waals surface area contributed by atoms with Crippen molar-refractivity contribution in [3.63, 3.8) is 0 Å². The van der Waals surface area contributed by atoms with Crippen molar-refractivity contribution in [3.05, 3.63) is 47.0 Å². The molecule has 1 aliphatic carbocycles. The van der Waals surface area contributed by atoms with Gasteiger partial charge in [0.2, 0.25) is 15.7 Å². The second-order valence-electron chi connectivity index (χ2n) is 9.89. The second-order valence-corrected chi connectivity index (χ2v) is 11.8. The van der Waals surface area contributed by atoms with E-state index in [1.54, 1.807) is 7.05 Å². The van der Waals surface area contributed by atoms with Crippen LogP contribution in [0.25, 0.3) is 22.4 Å². The molecule has 0 spiro atoms. The molecule has 1 aromatic carbocycles. The Morgan fingerprint density at radius 1 is 1.30 bits per heavy atom. The fourth-order valence-corrected chi connectivity index (χ4v) is 5.64. The lowest BCUT2D eigenvalue weighted by atomic mass is 9.97. The van der Waals surface area contributed by atoms with Crippen molar-refractivity contribution < 1.29 is 17.6 Å². The number of hydrogen-bond donors (Lipinski definition) is 1. The number of nitriles is 1. The van der Waals surface area contributed by atoms with E-state index in [4.69, 9.17) is 14.7 Å². The molecule has 0 radical (unpaired) electrons. The zero-order valence-electron chi connectivity index (χ0n) is 21.9. The number of benzene rings is 1. The Morgan fingerprint density at radius 3 is 2.57 bits per heavy atom. The molecule has 3 aromatic rings. The van der Waals surface area contributed by atoms with Crippen LogP contribution in [0.2, 0.25) is 0 Å². The minimum Gasteiger partial charge on any atom is -0.437 e. The number of hydrogen-bond acceptors (Lipinski definition) is 6. The predicted molar refractivity (Wildman–Crippen MR) is 145 cm³/mol. The van der Waals surface area contributed by atoms with Gasteiger partial charge in [-0.2, -0.15) is 10.2 Å². The van der Waals surface area contributed by atoms with Gasteiger partial charge in [-0.3, -0.25) is 9.10 Å². The Balaban J connectivity index is 1.82. The van der Waals surface area contributed by atoms with E-state index >= 15 is 0 Å². The van der Waals surface area contributed by atoms with Crippen LogP contribution < -0.4 is 9.62 Å². The molecule has 4 rings (SSSR count). The molecular weight excluding hydrogens is 488 g/mol. The van der Waals surface area contributed by atoms with Crippen molar-refractivity contribution in [2.75, 3.05) is 24.2 Å². The van der Waals surface area contributed by atoms with Gasteiger partial charge in [0, 0.05) is 25.6 Å². The van der Waals surface area contributed by atoms with Gasteiger partial charge in [-0.15, -0.1) is 0 Å². The van der Waals surface area contributed by atoms with Crippen LogP contribution in [-0.4, -0.2) is 39.2 Å². The summed E-state index contributed by atoms with van der Waals surface area (Å²) in [6.45, 7) is 4.30. The maximum Gasteiger partial charge on any atom is 0.255 e. The van der Waals surface area contributed by atoms with Gasteiger partial charge in [-0.25, -0.2) is 8.42 Å². The van der Waals surface area contributed by atoms with Gasteiger partial charge in [0.15, 0.2) is 0 Å². The molecule has 1 N–H and O–H groups in total. The lowest BCUT2D eigenvalue weighted by Crippen LogP contribution is -2.32. The first-order chi connectivity index (χ1) is 17.7. The van der Waals surface area contributed by atoms with Crippen LogP contribution in [0.5, 0.6) is 0 Å². The Morgan fingerprint density at radius 2 is 2.00 bits per heavy atom. The van der Waals surface area contributed by atoms with Gasteiger partial charge in [-0.05, 0) is 56.1 Å². The molecule has 1 aliphatic rings. The number of anilines is 1. The number of nitrogens with zero attached hydrogens (tertiary/aromatic N) is 3. The number of carbonyl (C=O) groups is 1. The smallest absolute Gasteiger partial charge is 0.255 e. The summed E-state index contributed by atoms with van der Waals surface area (Å²) in [5, 5.41) is 12.3. The first kappa shape index (κ1) is 26.7. The molecule has 1 fully saturated rings. The van der Waals surface area contributed by atoms with Gasteiger partial charge in [-0.1, -0.05) is 43.2 Å². The summed E-state index contributed by atoms with van der Waals surface area (Å²) in [5.74, 6) is 0.927. The van der Waals surface area contributed by atoms with Crippen LogP contribution in [0.3, 0.4) is 0 Å². The molecular formula is C28H34N4O4S. The van der Waals surface area contributed by atoms with E-state index in [1.165, 1.54) is 10.6 Å². The lowest BCUT2D eigenvalue weighted by molar-refractivity contribution is 0.0964. The molecule has 1 unspecified atom stereocenters. The van der Waals surface area contributed by atoms with Crippen LogP contribution in [0.15, 0.2) is 34.7 Å². The van der Waals surface area contributed by atoms with E-state index in [1.807, 2.05) is 44.2 Å². The quantitative estimate of drug-likeness (QED) is 0.354. The number of pyridine rings is 1. The van der Waals surface area contributed by atoms with Crippen molar-refractivity contribution >= 4 is 32.8 Å². The Kier molecular flexibility index (Phi) is 7.88. The van der Waals surface area contributed by atoms with E-state index in [-0.39, 0.29) is 30.0 Å². The molecule has 0 bridgehead atoms. The van der Waals surface area contributed by atoms with Crippen molar-refractivity contribution in [2.24, 2.45) is 5.92 Å². The van der Waals surface area contributed by atoms with Gasteiger partial charge >= 0.3 is 0 Å². The fourth-order valence-electron chi connectivity index (χ4n) is 4.71. The highest BCUT2D eigenvalue weighted by Crippen LogP contribution is 2.46. The van der Waals surface area contributed by atoms with Crippen LogP contribution in [-0.2, 0) is 10.0 Å². The van der Waals surface area contributed by atoms with Crippen LogP contribution in [0, 0.1) is 24.2 Å². The molecule has 2 aromatic heterocycles. The Hall–Kier alpha value is -3.38. The van der Waals surface area contributed by atoms with Gasteiger partial charge in [0.25, 0.3) is 5.91 Å². The number of amides is 1. The van der Waals surface area contributed by atoms with E-state index in [0.717, 1.165) is 42.4 Å². The summed E-state index contributed by atoms with van der Waals surface area (Å²) in [5.41, 5.74) is 3.29. The summed E-state index contributed by atoms with van der Waals surface area (Å²) in [6.07, 6.45) is 5.79. The summed E-state index contributed by atoms with van der Waals surface area (Å²) in [4.78, 5) is 17.7. The van der Waals surface area contributed by atoms with Crippen LogP contribution >= 0.6 is 0 Å². The van der Waals surface area contributed by atoms with Crippen LogP contribution in [0.1, 0.15) is 72.9 Å². The molecule has 0 saturated heterocycles. The highest BCUT2D eigenvalue weighted by atomic mass is 32.2. The fraction of sp³-hybridized carbons (Fsp3) is 0.464. The standard InChI is InChI=1S/C28H34N4O4S/c1-5-19(14-15-29)7-6-16-32(37(4,34)35)26-22(20-12-13-20)17-23-24(27(33)30-3)25(36-28(23)31-26)21-10-8-18(2)9-11-21/h8-11,17,19-20H,5-7,12-14,16H2,1-4H3,(H,30,33). The average molecular weight is 523 g/mol. The number of rotatable bonds is 11. The van der Waals surface area contributed by atoms with Crippen molar-refractivity contribution in [1.82, 2.24) is 10.3 Å². The molecule has 8 nitrogen and oxygen atoms in total. The lowest BCUT2D eigenvalue weighted by Gasteiger charge is -2.24. The van der Waals surface area contributed by atoms with Crippen molar-refractivity contribution in [3.8, 4) is 17.4 Å². The number of sulfonamides is 1. The number of aryl methyl sites for hydroxylation is 1. The third-order valence-electron chi connectivity index (χ3n) is 7.04. The number of carbonyl (C=O) groups excluding carboxylic acids is 1. The van der Waals surface area contributed by atoms with Crippen LogP contribution in [0.4, 0.5) is 5.82 Å². The molecule has 1 saturated carbocycles.